The molecule has 46 heavy (non-hydrogen) atoms. The number of anilines is 1. The molecule has 26 heteroatoms. The Labute approximate surface area is 360 Å². The van der Waals surface area contributed by atoms with Crippen molar-refractivity contribution in [2.45, 2.75) is 19.6 Å². The summed E-state index contributed by atoms with van der Waals surface area (Å²) in [4.78, 5) is -4.89. The number of hydrogen-bond acceptors (Lipinski definition) is 17. The van der Waals surface area contributed by atoms with E-state index in [0.717, 1.165) is 12.1 Å². The van der Waals surface area contributed by atoms with Crippen LogP contribution in [0.3, 0.4) is 0 Å². The largest absolute Gasteiger partial charge is 2.00 e. The van der Waals surface area contributed by atoms with Crippen LogP contribution >= 0.6 is 0 Å². The molecule has 4 rings (SSSR count). The molecule has 0 fully saturated rings. The van der Waals surface area contributed by atoms with Crippen molar-refractivity contribution in [3.8, 4) is 11.5 Å². The Balaban J connectivity index is 0. The van der Waals surface area contributed by atoms with E-state index in [4.69, 9.17) is 5.73 Å². The minimum atomic E-state index is -5.63. The van der Waals surface area contributed by atoms with Crippen LogP contribution in [0.2, 0.25) is 0 Å². The second kappa shape index (κ2) is 17.2. The van der Waals surface area contributed by atoms with Crippen molar-refractivity contribution in [2.75, 3.05) is 5.73 Å². The van der Waals surface area contributed by atoms with Gasteiger partial charge in [0.05, 0.1) is 31.0 Å². The van der Waals surface area contributed by atoms with Crippen molar-refractivity contribution in [2.24, 2.45) is 10.2 Å². The topological polar surface area (TPSA) is 326 Å². The molecule has 227 valence electrons. The fourth-order valence-corrected chi connectivity index (χ4v) is 6.44. The maximum atomic E-state index is 13.1. The number of rotatable bonds is 6. The fraction of sp³-hybridized carbons (Fsp3) is 0. The number of nitrogens with two attached hydrogens (primary N) is 1. The molecule has 0 aliphatic rings. The molecule has 0 aromatic heterocycles. The van der Waals surface area contributed by atoms with E-state index in [1.807, 2.05) is 0 Å². The first-order valence-corrected chi connectivity index (χ1v) is 15.8. The van der Waals surface area contributed by atoms with Crippen LogP contribution in [0, 0.1) is 0 Å². The molecular weight excluding hydrogens is 790 g/mol. The quantitative estimate of drug-likeness (QED) is 0.0819. The first-order chi connectivity index (χ1) is 18.6. The summed E-state index contributed by atoms with van der Waals surface area (Å²) in [7, 11) is -21.7. The summed E-state index contributed by atoms with van der Waals surface area (Å²) in [6.07, 6.45) is 0. The maximum Gasteiger partial charge on any atom is 2.00 e. The zero-order chi connectivity index (χ0) is 30.9. The Morgan fingerprint density at radius 3 is 1.59 bits per heavy atom. The zero-order valence-corrected chi connectivity index (χ0v) is 35.9. The van der Waals surface area contributed by atoms with E-state index in [9.17, 15) is 62.1 Å². The Hall–Kier alpha value is 0.559. The van der Waals surface area contributed by atoms with E-state index in [1.165, 1.54) is 0 Å². The van der Waals surface area contributed by atoms with Gasteiger partial charge in [-0.05, 0) is 51.9 Å². The van der Waals surface area contributed by atoms with Crippen molar-refractivity contribution in [1.29, 1.82) is 0 Å². The van der Waals surface area contributed by atoms with Gasteiger partial charge in [-0.2, -0.15) is 5.11 Å². The molecule has 0 aliphatic heterocycles. The summed E-state index contributed by atoms with van der Waals surface area (Å²) in [5.74, 6) is -2.96. The minimum absolute atomic E-state index is 0. The molecule has 0 amide bonds. The van der Waals surface area contributed by atoms with Crippen molar-refractivity contribution in [1.82, 2.24) is 0 Å². The summed E-state index contributed by atoms with van der Waals surface area (Å²) in [6.45, 7) is 0. The van der Waals surface area contributed by atoms with Gasteiger partial charge in [0.2, 0.25) is 0 Å². The molecule has 0 unspecified atom stereocenters. The molecule has 0 atom stereocenters. The number of nitrogen functional groups attached to an aromatic ring is 1. The second-order valence-corrected chi connectivity index (χ2v) is 13.5. The second-order valence-electron chi connectivity index (χ2n) is 8.08. The predicted octanol–water partition coefficient (Wildman–Crippen LogP) is -12.2. The number of hydrogen-bond donors (Lipinski definition) is 1. The average Bonchev–Trinajstić information content (AvgIpc) is 2.81. The molecule has 0 saturated carbocycles. The Kier molecular flexibility index (Phi) is 18.2. The van der Waals surface area contributed by atoms with Crippen LogP contribution in [-0.4, -0.2) is 51.9 Å². The Morgan fingerprint density at radius 1 is 0.587 bits per heavy atom. The van der Waals surface area contributed by atoms with Crippen molar-refractivity contribution >= 4 is 79.1 Å². The number of azo groups is 1. The van der Waals surface area contributed by atoms with Crippen molar-refractivity contribution in [3.05, 3.63) is 42.5 Å². The Morgan fingerprint density at radius 2 is 1.11 bits per heavy atom. The van der Waals surface area contributed by atoms with Gasteiger partial charge in [0, 0.05) is 5.69 Å². The Bertz CT molecular complexity index is 2310. The fourth-order valence-electron chi connectivity index (χ4n) is 3.86. The van der Waals surface area contributed by atoms with E-state index >= 15 is 0 Å². The van der Waals surface area contributed by atoms with Gasteiger partial charge in [-0.15, -0.1) is 5.11 Å². The van der Waals surface area contributed by atoms with Gasteiger partial charge in [0.1, 0.15) is 40.5 Å². The van der Waals surface area contributed by atoms with Crippen molar-refractivity contribution in [3.63, 3.8) is 0 Å². The van der Waals surface area contributed by atoms with Crippen molar-refractivity contribution < 1.29 is 197 Å². The molecule has 0 spiro atoms. The monoisotopic (exact) mass is 798 g/mol. The molecule has 2 N–H and O–H groups in total. The van der Waals surface area contributed by atoms with Gasteiger partial charge >= 0.3 is 135 Å². The molecule has 0 heterocycles. The molecule has 1 radical (unpaired) electrons. The van der Waals surface area contributed by atoms with Crippen LogP contribution < -0.4 is 134 Å². The first kappa shape index (κ1) is 48.7. The zero-order valence-electron chi connectivity index (χ0n) is 23.7. The van der Waals surface area contributed by atoms with Gasteiger partial charge in [-0.1, -0.05) is 23.6 Å². The average molecular weight is 799 g/mol. The molecule has 17 nitrogen and oxygen atoms in total. The molecular formula is C20H9CuN3Na4O14S4. The SMILES string of the molecule is Nc1cc(S(=O)(=O)[O-])cc2cc(S(=O)(=O)[O-])c(N=Nc3cc(S(=O)(=O)[O-])c4cccc(S(=O)(=O)[O-])c4c3[O-])c([O-])c12.[Cu+2].[Na+].[Na+].[Na+].[Na+]. The van der Waals surface area contributed by atoms with Gasteiger partial charge < -0.3 is 34.2 Å². The van der Waals surface area contributed by atoms with Gasteiger partial charge in [-0.25, -0.2) is 33.7 Å². The maximum absolute atomic E-state index is 13.1. The third-order valence-corrected chi connectivity index (χ3v) is 8.93. The summed E-state index contributed by atoms with van der Waals surface area (Å²) in [6, 6.07) is 4.22. The van der Waals surface area contributed by atoms with E-state index in [0.29, 0.717) is 30.3 Å². The van der Waals surface area contributed by atoms with Gasteiger partial charge in [0.15, 0.2) is 0 Å². The summed E-state index contributed by atoms with van der Waals surface area (Å²) in [5, 5.41) is 29.6. The molecule has 0 saturated heterocycles. The smallest absolute Gasteiger partial charge is 0.871 e. The third kappa shape index (κ3) is 10.1. The molecule has 0 bridgehead atoms. The van der Waals surface area contributed by atoms with E-state index < -0.39 is 110 Å². The standard InChI is InChI=1S/C20H15N3O14S4.Cu.4Na/c21-11-6-9(38(26,27)28)4-8-5-15(41(35,36)37)18(20(25)16(8)11)23-22-12-7-14(40(32,33)34)10-2-1-3-13(39(29,30)31)17(10)19(12)24;;;;;/h1-7,24-25H,21H2,(H,26,27,28)(H,29,30,31)(H,32,33,34)(H,35,36,37);;;;;/q;+2;4*+1/p-6. The van der Waals surface area contributed by atoms with Gasteiger partial charge in [0.25, 0.3) is 0 Å². The van der Waals surface area contributed by atoms with Crippen LogP contribution in [0.15, 0.2) is 72.3 Å². The van der Waals surface area contributed by atoms with Crippen LogP contribution in [0.5, 0.6) is 11.5 Å². The van der Waals surface area contributed by atoms with Crippen LogP contribution in [0.25, 0.3) is 21.5 Å². The van der Waals surface area contributed by atoms with Crippen LogP contribution in [0.4, 0.5) is 17.1 Å². The van der Waals surface area contributed by atoms with E-state index in [1.54, 1.807) is 0 Å². The first-order valence-electron chi connectivity index (χ1n) is 10.2. The molecule has 4 aromatic rings. The number of nitrogens with zero attached hydrogens (tertiary/aromatic N) is 2. The third-order valence-electron chi connectivity index (χ3n) is 5.51. The number of fused-ring (bicyclic) bond motifs is 2. The predicted molar refractivity (Wildman–Crippen MR) is 127 cm³/mol. The van der Waals surface area contributed by atoms with E-state index in [-0.39, 0.29) is 135 Å². The van der Waals surface area contributed by atoms with Gasteiger partial charge in [-0.3, -0.25) is 0 Å². The van der Waals surface area contributed by atoms with E-state index in [2.05, 4.69) is 10.2 Å². The molecule has 4 aromatic carbocycles. The normalized spacial score (nSPS) is 11.9. The summed E-state index contributed by atoms with van der Waals surface area (Å²) in [5.41, 5.74) is 2.51. The minimum Gasteiger partial charge on any atom is -0.871 e. The summed E-state index contributed by atoms with van der Waals surface area (Å²) < 4.78 is 141. The van der Waals surface area contributed by atoms with Crippen LogP contribution in [0.1, 0.15) is 0 Å². The summed E-state index contributed by atoms with van der Waals surface area (Å²) >= 11 is 0. The molecule has 0 aliphatic carbocycles. The van der Waals surface area contributed by atoms with Crippen LogP contribution in [-0.2, 0) is 57.5 Å². The number of benzene rings is 4.